The van der Waals surface area contributed by atoms with Gasteiger partial charge >= 0.3 is 5.97 Å². The molecule has 3 saturated heterocycles. The largest absolute Gasteiger partial charge is 0.467 e. The highest BCUT2D eigenvalue weighted by molar-refractivity contribution is 5.75. The molecule has 0 aromatic carbocycles. The van der Waals surface area contributed by atoms with Gasteiger partial charge in [-0.1, -0.05) is 60.1 Å². The standard InChI is InChI=1S/C48H78O17/c1-22-30(52)32(54)35(57)40(61-22)64-37-31(53)25(50)20-60-41(37)65-38-34(56)33(55)36(39(58)59-9)63-42(38)62-29-13-14-45(5)26(46(29,6)21-49)12-15-48(8)27(45)11-10-23-24-18-43(2,3)19-28(51)44(24,4)16-17-47(23,48)7/h10,22,24-38,40-42,49-57H,11-21H2,1-9H3. The van der Waals surface area contributed by atoms with Crippen molar-refractivity contribution in [3.8, 4) is 0 Å². The summed E-state index contributed by atoms with van der Waals surface area (Å²) in [6.45, 7) is 17.0. The Morgan fingerprint density at radius 1 is 0.708 bits per heavy atom. The van der Waals surface area contributed by atoms with Crippen LogP contribution >= 0.6 is 0 Å². The molecule has 8 rings (SSSR count). The maximum absolute atomic E-state index is 13.0. The van der Waals surface area contributed by atoms with Crippen LogP contribution in [-0.4, -0.2) is 170 Å². The van der Waals surface area contributed by atoms with Crippen molar-refractivity contribution in [1.29, 1.82) is 0 Å². The van der Waals surface area contributed by atoms with Crippen molar-refractivity contribution in [3.05, 3.63) is 11.6 Å². The van der Waals surface area contributed by atoms with Crippen LogP contribution in [-0.2, 0) is 38.0 Å². The summed E-state index contributed by atoms with van der Waals surface area (Å²) in [5, 5.41) is 99.4. The fraction of sp³-hybridized carbons (Fsp3) is 0.938. The first-order valence-corrected chi connectivity index (χ1v) is 24.0. The molecule has 5 aliphatic carbocycles. The first-order chi connectivity index (χ1) is 30.3. The van der Waals surface area contributed by atoms with Crippen LogP contribution in [0.25, 0.3) is 0 Å². The summed E-state index contributed by atoms with van der Waals surface area (Å²) in [4.78, 5) is 13.0. The number of ether oxygens (including phenoxy) is 7. The lowest BCUT2D eigenvalue weighted by atomic mass is 9.33. The zero-order valence-electron chi connectivity index (χ0n) is 39.6. The van der Waals surface area contributed by atoms with Crippen molar-refractivity contribution in [2.24, 2.45) is 50.2 Å². The number of carbonyl (C=O) groups is 1. The maximum Gasteiger partial charge on any atom is 0.337 e. The summed E-state index contributed by atoms with van der Waals surface area (Å²) in [6, 6.07) is 0. The molecule has 17 heteroatoms. The van der Waals surface area contributed by atoms with Crippen molar-refractivity contribution < 1.29 is 83.9 Å². The molecule has 0 bridgehead atoms. The van der Waals surface area contributed by atoms with E-state index in [1.807, 2.05) is 6.92 Å². The molecule has 372 valence electrons. The van der Waals surface area contributed by atoms with Gasteiger partial charge in [0.1, 0.15) is 54.9 Å². The molecule has 0 radical (unpaired) electrons. The van der Waals surface area contributed by atoms with Gasteiger partial charge in [0, 0.05) is 10.8 Å². The van der Waals surface area contributed by atoms with E-state index in [2.05, 4.69) is 47.6 Å². The molecular weight excluding hydrogens is 849 g/mol. The average molecular weight is 927 g/mol. The number of hydrogen-bond donors (Lipinski definition) is 9. The molecule has 4 saturated carbocycles. The molecule has 0 aromatic rings. The van der Waals surface area contributed by atoms with Crippen LogP contribution in [0.4, 0.5) is 0 Å². The van der Waals surface area contributed by atoms with E-state index < -0.39 is 110 Å². The van der Waals surface area contributed by atoms with Crippen molar-refractivity contribution in [2.45, 2.75) is 211 Å². The Balaban J connectivity index is 1.07. The minimum absolute atomic E-state index is 0.0242. The average Bonchev–Trinajstić information content (AvgIpc) is 3.25. The molecule has 3 aliphatic heterocycles. The summed E-state index contributed by atoms with van der Waals surface area (Å²) in [5.74, 6) is -0.417. The zero-order valence-corrected chi connectivity index (χ0v) is 39.6. The molecule has 17 nitrogen and oxygen atoms in total. The second-order valence-electron chi connectivity index (χ2n) is 23.3. The smallest absolute Gasteiger partial charge is 0.337 e. The van der Waals surface area contributed by atoms with Gasteiger partial charge in [-0.2, -0.15) is 0 Å². The highest BCUT2D eigenvalue weighted by Crippen LogP contribution is 2.76. The Bertz CT molecular complexity index is 1780. The Kier molecular flexibility index (Phi) is 13.4. The van der Waals surface area contributed by atoms with E-state index in [0.29, 0.717) is 12.3 Å². The molecule has 8 aliphatic rings. The summed E-state index contributed by atoms with van der Waals surface area (Å²) >= 11 is 0. The highest BCUT2D eigenvalue weighted by Gasteiger charge is 2.70. The second-order valence-corrected chi connectivity index (χ2v) is 23.3. The molecule has 65 heavy (non-hydrogen) atoms. The third-order valence-electron chi connectivity index (χ3n) is 19.3. The van der Waals surface area contributed by atoms with Gasteiger partial charge in [0.15, 0.2) is 25.0 Å². The molecule has 0 amide bonds. The van der Waals surface area contributed by atoms with Gasteiger partial charge in [0.2, 0.25) is 0 Å². The number of allylic oxidation sites excluding steroid dienone is 2. The van der Waals surface area contributed by atoms with Gasteiger partial charge in [0.25, 0.3) is 0 Å². The predicted octanol–water partition coefficient (Wildman–Crippen LogP) is 1.43. The van der Waals surface area contributed by atoms with E-state index in [4.69, 9.17) is 33.2 Å². The van der Waals surface area contributed by atoms with Crippen LogP contribution < -0.4 is 0 Å². The Labute approximate surface area is 382 Å². The lowest BCUT2D eigenvalue weighted by molar-refractivity contribution is -0.387. The van der Waals surface area contributed by atoms with Gasteiger partial charge < -0.3 is 79.1 Å². The molecule has 0 aromatic heterocycles. The lowest BCUT2D eigenvalue weighted by Crippen LogP contribution is -2.68. The van der Waals surface area contributed by atoms with E-state index in [9.17, 15) is 50.8 Å². The number of aliphatic hydroxyl groups excluding tert-OH is 9. The van der Waals surface area contributed by atoms with Gasteiger partial charge in [-0.3, -0.25) is 0 Å². The number of aliphatic hydroxyl groups is 9. The number of fused-ring (bicyclic) bond motifs is 7. The first-order valence-electron chi connectivity index (χ1n) is 24.0. The number of hydrogen-bond acceptors (Lipinski definition) is 17. The van der Waals surface area contributed by atoms with E-state index in [1.165, 1.54) is 12.5 Å². The molecule has 9 N–H and O–H groups in total. The molecular formula is C48H78O17. The Morgan fingerprint density at radius 3 is 2.06 bits per heavy atom. The summed E-state index contributed by atoms with van der Waals surface area (Å²) < 4.78 is 41.5. The zero-order chi connectivity index (χ0) is 47.6. The van der Waals surface area contributed by atoms with Gasteiger partial charge in [-0.25, -0.2) is 4.79 Å². The van der Waals surface area contributed by atoms with E-state index >= 15 is 0 Å². The summed E-state index contributed by atoms with van der Waals surface area (Å²) in [5.41, 5.74) is 0.190. The van der Waals surface area contributed by atoms with Crippen molar-refractivity contribution >= 4 is 5.97 Å². The van der Waals surface area contributed by atoms with Crippen molar-refractivity contribution in [1.82, 2.24) is 0 Å². The monoisotopic (exact) mass is 927 g/mol. The van der Waals surface area contributed by atoms with Gasteiger partial charge in [0.05, 0.1) is 38.6 Å². The third kappa shape index (κ3) is 7.81. The van der Waals surface area contributed by atoms with Crippen LogP contribution in [0.5, 0.6) is 0 Å². The van der Waals surface area contributed by atoms with Crippen molar-refractivity contribution in [2.75, 3.05) is 20.3 Å². The van der Waals surface area contributed by atoms with Crippen LogP contribution in [0.15, 0.2) is 11.6 Å². The number of methoxy groups -OCH3 is 1. The maximum atomic E-state index is 13.0. The fourth-order valence-corrected chi connectivity index (χ4v) is 14.9. The number of rotatable bonds is 8. The van der Waals surface area contributed by atoms with Crippen LogP contribution in [0.3, 0.4) is 0 Å². The van der Waals surface area contributed by atoms with E-state index in [0.717, 1.165) is 58.5 Å². The lowest BCUT2D eigenvalue weighted by Gasteiger charge is -2.72. The molecule has 7 fully saturated rings. The fourth-order valence-electron chi connectivity index (χ4n) is 14.9. The number of carbonyl (C=O) groups excluding carboxylic acids is 1. The van der Waals surface area contributed by atoms with Gasteiger partial charge in [-0.05, 0) is 104 Å². The predicted molar refractivity (Wildman–Crippen MR) is 229 cm³/mol. The third-order valence-corrected chi connectivity index (χ3v) is 19.3. The van der Waals surface area contributed by atoms with Crippen LogP contribution in [0, 0.1) is 50.2 Å². The second kappa shape index (κ2) is 17.5. The first kappa shape index (κ1) is 50.0. The summed E-state index contributed by atoms with van der Waals surface area (Å²) in [7, 11) is 1.11. The Morgan fingerprint density at radius 2 is 1.38 bits per heavy atom. The molecule has 24 atom stereocenters. The van der Waals surface area contributed by atoms with Crippen LogP contribution in [0.1, 0.15) is 113 Å². The SMILES string of the molecule is COC(=O)C1OC(OC2CCC3(C)C(CCC4(C)C3CC=C3C5CC(C)(C)CC(O)C5(C)CCC34C)C2(C)CO)C(OC2OCC(O)C(O)C2OC2OC(C)C(O)C(O)C2O)C(O)C1O. The topological polar surface area (TPSA) is 264 Å². The van der Waals surface area contributed by atoms with Gasteiger partial charge in [-0.15, -0.1) is 0 Å². The van der Waals surface area contributed by atoms with E-state index in [1.54, 1.807) is 0 Å². The summed E-state index contributed by atoms with van der Waals surface area (Å²) in [6.07, 6.45) is -13.6. The van der Waals surface area contributed by atoms with E-state index in [-0.39, 0.29) is 51.6 Å². The van der Waals surface area contributed by atoms with Crippen molar-refractivity contribution in [3.63, 3.8) is 0 Å². The normalized spacial score (nSPS) is 55.4. The number of esters is 1. The highest BCUT2D eigenvalue weighted by atomic mass is 16.8. The minimum atomic E-state index is -1.88. The Hall–Kier alpha value is -1.39. The quantitative estimate of drug-likeness (QED) is 0.0948. The molecule has 0 spiro atoms. The molecule has 24 unspecified atom stereocenters. The van der Waals surface area contributed by atoms with Crippen LogP contribution in [0.2, 0.25) is 0 Å². The minimum Gasteiger partial charge on any atom is -0.467 e. The molecule has 3 heterocycles.